The summed E-state index contributed by atoms with van der Waals surface area (Å²) in [5.74, 6) is 0. The Balaban J connectivity index is 1.12. The number of hydrogen-bond acceptors (Lipinski definition) is 3. The summed E-state index contributed by atoms with van der Waals surface area (Å²) < 4.78 is 2.23. The van der Waals surface area contributed by atoms with Gasteiger partial charge in [-0.05, 0) is 79.9 Å². The van der Waals surface area contributed by atoms with Gasteiger partial charge in [-0.3, -0.25) is 9.38 Å². The number of pyridine rings is 1. The quantitative estimate of drug-likeness (QED) is 0.176. The maximum atomic E-state index is 5.59. The molecule has 278 valence electrons. The Morgan fingerprint density at radius 1 is 0.475 bits per heavy atom. The molecule has 4 nitrogen and oxygen atoms in total. The number of fused-ring (bicyclic) bond motifs is 8. The van der Waals surface area contributed by atoms with Crippen molar-refractivity contribution in [3.8, 4) is 56.0 Å². The van der Waals surface area contributed by atoms with E-state index in [-0.39, 0.29) is 5.41 Å². The lowest BCUT2D eigenvalue weighted by Gasteiger charge is -2.34. The predicted molar refractivity (Wildman–Crippen MR) is 239 cm³/mol. The summed E-state index contributed by atoms with van der Waals surface area (Å²) in [6.07, 6.45) is 6.01. The smallest absolute Gasteiger partial charge is 0.164 e. The third kappa shape index (κ3) is 4.80. The summed E-state index contributed by atoms with van der Waals surface area (Å²) in [5, 5.41) is 1.11. The van der Waals surface area contributed by atoms with Crippen LogP contribution in [0.25, 0.3) is 72.6 Å². The Morgan fingerprint density at radius 2 is 1.08 bits per heavy atom. The van der Waals surface area contributed by atoms with Gasteiger partial charge in [0.05, 0.1) is 28.5 Å². The van der Waals surface area contributed by atoms with Crippen LogP contribution in [0.5, 0.6) is 0 Å². The van der Waals surface area contributed by atoms with Crippen LogP contribution in [0.15, 0.2) is 195 Å². The van der Waals surface area contributed by atoms with Crippen LogP contribution in [0.3, 0.4) is 0 Å². The van der Waals surface area contributed by atoms with Crippen LogP contribution in [0.4, 0.5) is 0 Å². The second kappa shape index (κ2) is 12.5. The van der Waals surface area contributed by atoms with Gasteiger partial charge in [-0.15, -0.1) is 0 Å². The molecular weight excluding hydrogens is 717 g/mol. The highest BCUT2D eigenvalue weighted by Crippen LogP contribution is 2.57. The van der Waals surface area contributed by atoms with Crippen LogP contribution in [0.1, 0.15) is 47.2 Å². The highest BCUT2D eigenvalue weighted by atomic mass is 15.0. The summed E-state index contributed by atoms with van der Waals surface area (Å²) in [7, 11) is 0. The fraction of sp³-hybridized carbons (Fsp3) is 0.0727. The van der Waals surface area contributed by atoms with Gasteiger partial charge in [-0.1, -0.05) is 166 Å². The van der Waals surface area contributed by atoms with Crippen molar-refractivity contribution in [1.82, 2.24) is 19.4 Å². The number of rotatable bonds is 5. The van der Waals surface area contributed by atoms with E-state index in [1.54, 1.807) is 0 Å². The van der Waals surface area contributed by atoms with Crippen molar-refractivity contribution in [3.63, 3.8) is 0 Å². The molecule has 0 unspecified atom stereocenters. The van der Waals surface area contributed by atoms with Crippen molar-refractivity contribution in [1.29, 1.82) is 0 Å². The zero-order chi connectivity index (χ0) is 39.3. The molecule has 0 fully saturated rings. The Bertz CT molecular complexity index is 3260. The van der Waals surface area contributed by atoms with E-state index in [4.69, 9.17) is 15.0 Å². The van der Waals surface area contributed by atoms with Crippen molar-refractivity contribution in [3.05, 3.63) is 228 Å². The maximum absolute atomic E-state index is 5.59. The van der Waals surface area contributed by atoms with Crippen LogP contribution in [-0.4, -0.2) is 19.4 Å². The van der Waals surface area contributed by atoms with Crippen LogP contribution >= 0.6 is 0 Å². The average molecular weight is 755 g/mol. The molecule has 3 aromatic heterocycles. The summed E-state index contributed by atoms with van der Waals surface area (Å²) >= 11 is 0. The molecule has 0 atom stereocenters. The highest BCUT2D eigenvalue weighted by Gasteiger charge is 2.46. The summed E-state index contributed by atoms with van der Waals surface area (Å²) in [6, 6.07) is 64.0. The largest absolute Gasteiger partial charge is 0.296 e. The van der Waals surface area contributed by atoms with Crippen LogP contribution in [-0.2, 0) is 10.8 Å². The number of imidazole rings is 1. The van der Waals surface area contributed by atoms with Crippen LogP contribution < -0.4 is 0 Å². The first-order chi connectivity index (χ1) is 29.0. The molecule has 2 aliphatic rings. The van der Waals surface area contributed by atoms with Crippen molar-refractivity contribution < 1.29 is 0 Å². The standard InChI is InChI=1S/C55H38N4/c1-54(2)45-21-11-9-19-41(45)43-27-25-36(30-47(43)54)50-34-59-51(37-24-23-35-14-13-29-56-49(35)32-37)33-57-53(59)52(58-50)38-26-28-44-42-20-10-12-22-46(42)55(48(44)31-38,39-15-5-3-6-16-39)40-17-7-4-8-18-40/h3-34H,1-2H3. The molecule has 0 saturated heterocycles. The third-order valence-electron chi connectivity index (χ3n) is 13.0. The molecule has 10 aromatic rings. The van der Waals surface area contributed by atoms with Gasteiger partial charge >= 0.3 is 0 Å². The van der Waals surface area contributed by atoms with Crippen molar-refractivity contribution in [2.24, 2.45) is 0 Å². The van der Waals surface area contributed by atoms with Gasteiger partial charge in [0.2, 0.25) is 0 Å². The Kier molecular flexibility index (Phi) is 7.16. The molecule has 0 aliphatic heterocycles. The SMILES string of the molecule is CC1(C)c2ccccc2-c2ccc(-c3cn4c(-c5ccc6cccnc6c5)cnc4c(-c4ccc5c(c4)C(c4ccccc4)(c4ccccc4)c4ccccc4-5)n3)cc21. The van der Waals surface area contributed by atoms with Crippen LogP contribution in [0, 0.1) is 0 Å². The van der Waals surface area contributed by atoms with E-state index >= 15 is 0 Å². The number of hydrogen-bond donors (Lipinski definition) is 0. The second-order valence-corrected chi connectivity index (χ2v) is 16.4. The Morgan fingerprint density at radius 3 is 1.85 bits per heavy atom. The normalized spacial score (nSPS) is 14.2. The van der Waals surface area contributed by atoms with Crippen molar-refractivity contribution in [2.45, 2.75) is 24.7 Å². The first-order valence-electron chi connectivity index (χ1n) is 20.3. The molecule has 3 heterocycles. The van der Waals surface area contributed by atoms with E-state index in [0.717, 1.165) is 50.3 Å². The molecule has 2 aliphatic carbocycles. The van der Waals surface area contributed by atoms with Gasteiger partial charge < -0.3 is 0 Å². The summed E-state index contributed by atoms with van der Waals surface area (Å²) in [6.45, 7) is 4.67. The molecule has 0 amide bonds. The third-order valence-corrected chi connectivity index (χ3v) is 13.0. The van der Waals surface area contributed by atoms with Gasteiger partial charge in [0, 0.05) is 39.9 Å². The fourth-order valence-corrected chi connectivity index (χ4v) is 10.2. The molecule has 59 heavy (non-hydrogen) atoms. The Hall–Kier alpha value is -7.43. The molecule has 0 N–H and O–H groups in total. The predicted octanol–water partition coefficient (Wildman–Crippen LogP) is 12.9. The average Bonchev–Trinajstić information content (AvgIpc) is 3.93. The fourth-order valence-electron chi connectivity index (χ4n) is 10.2. The minimum Gasteiger partial charge on any atom is -0.296 e. The molecular formula is C55H38N4. The lowest BCUT2D eigenvalue weighted by Crippen LogP contribution is -2.28. The highest BCUT2D eigenvalue weighted by molar-refractivity contribution is 5.91. The van der Waals surface area contributed by atoms with Crippen LogP contribution in [0.2, 0.25) is 0 Å². The van der Waals surface area contributed by atoms with Gasteiger partial charge in [-0.2, -0.15) is 0 Å². The van der Waals surface area contributed by atoms with Gasteiger partial charge in [-0.25, -0.2) is 9.97 Å². The molecule has 12 rings (SSSR count). The number of aromatic nitrogens is 4. The molecule has 4 heteroatoms. The summed E-state index contributed by atoms with van der Waals surface area (Å²) in [5.41, 5.74) is 19.7. The lowest BCUT2D eigenvalue weighted by atomic mass is 9.67. The van der Waals surface area contributed by atoms with E-state index in [0.29, 0.717) is 0 Å². The van der Waals surface area contributed by atoms with E-state index in [9.17, 15) is 0 Å². The Labute approximate surface area is 343 Å². The monoisotopic (exact) mass is 754 g/mol. The minimum atomic E-state index is -0.530. The van der Waals surface area contributed by atoms with Crippen molar-refractivity contribution >= 4 is 16.6 Å². The first kappa shape index (κ1) is 33.7. The molecule has 7 aromatic carbocycles. The molecule has 0 spiro atoms. The number of benzene rings is 7. The van der Waals surface area contributed by atoms with Crippen molar-refractivity contribution in [2.75, 3.05) is 0 Å². The van der Waals surface area contributed by atoms with E-state index in [2.05, 4.69) is 194 Å². The van der Waals surface area contributed by atoms with Gasteiger partial charge in [0.15, 0.2) is 5.65 Å². The molecule has 0 radical (unpaired) electrons. The molecule has 0 bridgehead atoms. The zero-order valence-electron chi connectivity index (χ0n) is 32.8. The molecule has 0 saturated carbocycles. The topological polar surface area (TPSA) is 43.1 Å². The zero-order valence-corrected chi connectivity index (χ0v) is 32.8. The van der Waals surface area contributed by atoms with E-state index < -0.39 is 5.41 Å². The second-order valence-electron chi connectivity index (χ2n) is 16.4. The minimum absolute atomic E-state index is 0.139. The van der Waals surface area contributed by atoms with E-state index in [1.807, 2.05) is 18.5 Å². The summed E-state index contributed by atoms with van der Waals surface area (Å²) in [4.78, 5) is 15.5. The maximum Gasteiger partial charge on any atom is 0.164 e. The lowest BCUT2D eigenvalue weighted by molar-refractivity contribution is 0.660. The van der Waals surface area contributed by atoms with E-state index in [1.165, 1.54) is 55.6 Å². The van der Waals surface area contributed by atoms with Gasteiger partial charge in [0.25, 0.3) is 0 Å². The number of nitrogens with zero attached hydrogens (tertiary/aromatic N) is 4. The van der Waals surface area contributed by atoms with Gasteiger partial charge in [0.1, 0.15) is 5.69 Å². The first-order valence-corrected chi connectivity index (χ1v) is 20.3.